The van der Waals surface area contributed by atoms with E-state index in [4.69, 9.17) is 0 Å². The number of nitrogens with one attached hydrogen (secondary N) is 1. The Kier molecular flexibility index (Phi) is 5.71. The SMILES string of the molecule is Cc1cccc(CCC(=O)Nc2ccccc2N2CCC(O)CC2)c1. The van der Waals surface area contributed by atoms with E-state index in [1.165, 1.54) is 11.1 Å². The molecule has 1 aliphatic rings. The van der Waals surface area contributed by atoms with Crippen LogP contribution in [0.1, 0.15) is 30.4 Å². The maximum Gasteiger partial charge on any atom is 0.224 e. The molecule has 132 valence electrons. The molecule has 4 heteroatoms. The molecule has 0 unspecified atom stereocenters. The van der Waals surface area contributed by atoms with Gasteiger partial charge < -0.3 is 15.3 Å². The Morgan fingerprint density at radius 2 is 1.92 bits per heavy atom. The molecule has 2 aromatic rings. The van der Waals surface area contributed by atoms with E-state index in [1.54, 1.807) is 0 Å². The number of hydrogen-bond acceptors (Lipinski definition) is 3. The van der Waals surface area contributed by atoms with Gasteiger partial charge in [-0.05, 0) is 43.9 Å². The number of aliphatic hydroxyl groups excluding tert-OH is 1. The highest BCUT2D eigenvalue weighted by molar-refractivity contribution is 5.94. The third-order valence-electron chi connectivity index (χ3n) is 4.71. The zero-order valence-corrected chi connectivity index (χ0v) is 14.7. The van der Waals surface area contributed by atoms with E-state index in [0.29, 0.717) is 6.42 Å². The summed E-state index contributed by atoms with van der Waals surface area (Å²) in [5.41, 5.74) is 4.30. The van der Waals surface area contributed by atoms with Crippen LogP contribution in [-0.2, 0) is 11.2 Å². The molecule has 3 rings (SSSR count). The van der Waals surface area contributed by atoms with Crippen LogP contribution in [-0.4, -0.2) is 30.2 Å². The minimum absolute atomic E-state index is 0.0333. The fourth-order valence-electron chi connectivity index (χ4n) is 3.30. The topological polar surface area (TPSA) is 52.6 Å². The molecule has 1 fully saturated rings. The number of nitrogens with zero attached hydrogens (tertiary/aromatic N) is 1. The van der Waals surface area contributed by atoms with Gasteiger partial charge >= 0.3 is 0 Å². The Bertz CT molecular complexity index is 721. The number of hydrogen-bond donors (Lipinski definition) is 2. The second-order valence-corrected chi connectivity index (χ2v) is 6.77. The Balaban J connectivity index is 1.61. The molecule has 1 heterocycles. The molecule has 0 saturated carbocycles. The molecule has 0 aromatic heterocycles. The van der Waals surface area contributed by atoms with Crippen molar-refractivity contribution in [3.8, 4) is 0 Å². The van der Waals surface area contributed by atoms with Gasteiger partial charge in [-0.15, -0.1) is 0 Å². The summed E-state index contributed by atoms with van der Waals surface area (Å²) in [6.45, 7) is 3.70. The Labute approximate surface area is 149 Å². The average Bonchev–Trinajstić information content (AvgIpc) is 2.61. The van der Waals surface area contributed by atoms with Crippen molar-refractivity contribution in [1.29, 1.82) is 0 Å². The highest BCUT2D eigenvalue weighted by Gasteiger charge is 2.19. The van der Waals surface area contributed by atoms with Gasteiger partial charge in [0.2, 0.25) is 5.91 Å². The lowest BCUT2D eigenvalue weighted by Gasteiger charge is -2.32. The lowest BCUT2D eigenvalue weighted by Crippen LogP contribution is -2.36. The quantitative estimate of drug-likeness (QED) is 0.877. The first-order valence-electron chi connectivity index (χ1n) is 8.99. The fourth-order valence-corrected chi connectivity index (χ4v) is 3.30. The van der Waals surface area contributed by atoms with Crippen LogP contribution in [0.2, 0.25) is 0 Å². The predicted molar refractivity (Wildman–Crippen MR) is 102 cm³/mol. The Morgan fingerprint density at radius 3 is 2.68 bits per heavy atom. The molecule has 0 radical (unpaired) electrons. The van der Waals surface area contributed by atoms with Crippen LogP contribution < -0.4 is 10.2 Å². The summed E-state index contributed by atoms with van der Waals surface area (Å²) in [6.07, 6.45) is 2.56. The molecule has 0 spiro atoms. The summed E-state index contributed by atoms with van der Waals surface area (Å²) in [6, 6.07) is 16.2. The van der Waals surface area contributed by atoms with Gasteiger partial charge in [-0.3, -0.25) is 4.79 Å². The van der Waals surface area contributed by atoms with Crippen LogP contribution in [0.3, 0.4) is 0 Å². The summed E-state index contributed by atoms with van der Waals surface area (Å²) in [7, 11) is 0. The number of aliphatic hydroxyl groups is 1. The van der Waals surface area contributed by atoms with Gasteiger partial charge in [-0.2, -0.15) is 0 Å². The van der Waals surface area contributed by atoms with Gasteiger partial charge in [-0.1, -0.05) is 42.0 Å². The van der Waals surface area contributed by atoms with Gasteiger partial charge in [0.15, 0.2) is 0 Å². The van der Waals surface area contributed by atoms with E-state index in [0.717, 1.165) is 43.7 Å². The third-order valence-corrected chi connectivity index (χ3v) is 4.71. The Morgan fingerprint density at radius 1 is 1.16 bits per heavy atom. The molecular weight excluding hydrogens is 312 g/mol. The van der Waals surface area contributed by atoms with Crippen LogP contribution in [0.25, 0.3) is 0 Å². The highest BCUT2D eigenvalue weighted by Crippen LogP contribution is 2.28. The van der Waals surface area contributed by atoms with Gasteiger partial charge in [-0.25, -0.2) is 0 Å². The number of piperidine rings is 1. The molecule has 1 aliphatic heterocycles. The number of para-hydroxylation sites is 2. The number of aryl methyl sites for hydroxylation is 2. The van der Waals surface area contributed by atoms with Crippen molar-refractivity contribution in [3.63, 3.8) is 0 Å². The van der Waals surface area contributed by atoms with Gasteiger partial charge in [0, 0.05) is 19.5 Å². The molecule has 2 N–H and O–H groups in total. The van der Waals surface area contributed by atoms with E-state index >= 15 is 0 Å². The van der Waals surface area contributed by atoms with Gasteiger partial charge in [0.1, 0.15) is 0 Å². The third kappa shape index (κ3) is 4.83. The van der Waals surface area contributed by atoms with Crippen LogP contribution in [0, 0.1) is 6.92 Å². The number of carbonyl (C=O) groups is 1. The fraction of sp³-hybridized carbons (Fsp3) is 0.381. The monoisotopic (exact) mass is 338 g/mol. The zero-order valence-electron chi connectivity index (χ0n) is 14.7. The number of carbonyl (C=O) groups excluding carboxylic acids is 1. The van der Waals surface area contributed by atoms with Crippen molar-refractivity contribution in [3.05, 3.63) is 59.7 Å². The number of amides is 1. The van der Waals surface area contributed by atoms with Crippen molar-refractivity contribution >= 4 is 17.3 Å². The van der Waals surface area contributed by atoms with Crippen LogP contribution in [0.4, 0.5) is 11.4 Å². The molecular formula is C21H26N2O2. The van der Waals surface area contributed by atoms with Crippen molar-refractivity contribution in [2.24, 2.45) is 0 Å². The minimum atomic E-state index is -0.202. The van der Waals surface area contributed by atoms with E-state index in [-0.39, 0.29) is 12.0 Å². The van der Waals surface area contributed by atoms with E-state index in [2.05, 4.69) is 35.3 Å². The first-order chi connectivity index (χ1) is 12.1. The number of rotatable bonds is 5. The Hall–Kier alpha value is -2.33. The lowest BCUT2D eigenvalue weighted by molar-refractivity contribution is -0.116. The molecule has 0 aliphatic carbocycles. The second kappa shape index (κ2) is 8.17. The van der Waals surface area contributed by atoms with Gasteiger partial charge in [0.25, 0.3) is 0 Å². The molecule has 2 aromatic carbocycles. The highest BCUT2D eigenvalue weighted by atomic mass is 16.3. The lowest BCUT2D eigenvalue weighted by atomic mass is 10.1. The van der Waals surface area contributed by atoms with Crippen molar-refractivity contribution in [2.75, 3.05) is 23.3 Å². The molecule has 4 nitrogen and oxygen atoms in total. The normalized spacial score (nSPS) is 15.2. The first kappa shape index (κ1) is 17.5. The van der Waals surface area contributed by atoms with Crippen LogP contribution in [0.5, 0.6) is 0 Å². The largest absolute Gasteiger partial charge is 0.393 e. The van der Waals surface area contributed by atoms with E-state index in [1.807, 2.05) is 30.3 Å². The van der Waals surface area contributed by atoms with E-state index < -0.39 is 0 Å². The van der Waals surface area contributed by atoms with Crippen molar-refractivity contribution in [1.82, 2.24) is 0 Å². The average molecular weight is 338 g/mol. The summed E-state index contributed by atoms with van der Waals surface area (Å²) in [5.74, 6) is 0.0333. The zero-order chi connectivity index (χ0) is 17.6. The summed E-state index contributed by atoms with van der Waals surface area (Å²) >= 11 is 0. The maximum atomic E-state index is 12.4. The standard InChI is InChI=1S/C21H26N2O2/c1-16-5-4-6-17(15-16)9-10-21(25)22-19-7-2-3-8-20(19)23-13-11-18(24)12-14-23/h2-8,15,18,24H,9-14H2,1H3,(H,22,25). The minimum Gasteiger partial charge on any atom is -0.393 e. The molecule has 1 amide bonds. The van der Waals surface area contributed by atoms with Crippen molar-refractivity contribution in [2.45, 2.75) is 38.7 Å². The van der Waals surface area contributed by atoms with Crippen LogP contribution >= 0.6 is 0 Å². The van der Waals surface area contributed by atoms with Crippen molar-refractivity contribution < 1.29 is 9.90 Å². The second-order valence-electron chi connectivity index (χ2n) is 6.77. The molecule has 0 atom stereocenters. The molecule has 0 bridgehead atoms. The number of benzene rings is 2. The molecule has 1 saturated heterocycles. The first-order valence-corrected chi connectivity index (χ1v) is 8.99. The van der Waals surface area contributed by atoms with E-state index in [9.17, 15) is 9.90 Å². The smallest absolute Gasteiger partial charge is 0.224 e. The summed E-state index contributed by atoms with van der Waals surface area (Å²) in [4.78, 5) is 14.6. The number of anilines is 2. The summed E-state index contributed by atoms with van der Waals surface area (Å²) < 4.78 is 0. The molecule has 25 heavy (non-hydrogen) atoms. The van der Waals surface area contributed by atoms with Crippen LogP contribution in [0.15, 0.2) is 48.5 Å². The maximum absolute atomic E-state index is 12.4. The summed E-state index contributed by atoms with van der Waals surface area (Å²) in [5, 5.41) is 12.8. The van der Waals surface area contributed by atoms with Gasteiger partial charge in [0.05, 0.1) is 17.5 Å². The predicted octanol–water partition coefficient (Wildman–Crippen LogP) is 3.53.